The van der Waals surface area contributed by atoms with Crippen molar-refractivity contribution in [3.05, 3.63) is 50.1 Å². The Morgan fingerprint density at radius 3 is 3.00 bits per heavy atom. The van der Waals surface area contributed by atoms with Gasteiger partial charge in [-0.2, -0.15) is 0 Å². The van der Waals surface area contributed by atoms with E-state index in [0.717, 1.165) is 23.7 Å². The van der Waals surface area contributed by atoms with Crippen molar-refractivity contribution in [2.24, 2.45) is 0 Å². The lowest BCUT2D eigenvalue weighted by Crippen LogP contribution is -2.33. The third-order valence-corrected chi connectivity index (χ3v) is 5.40. The highest BCUT2D eigenvalue weighted by Gasteiger charge is 2.25. The van der Waals surface area contributed by atoms with Crippen LogP contribution in [0.5, 0.6) is 0 Å². The highest BCUT2D eigenvalue weighted by atomic mass is 79.9. The number of rotatable bonds is 2. The first-order valence-corrected chi connectivity index (χ1v) is 7.95. The maximum Gasteiger partial charge on any atom is 0.151 e. The first kappa shape index (κ1) is 12.9. The Hall–Kier alpha value is -1.13. The van der Waals surface area contributed by atoms with Crippen LogP contribution in [-0.2, 0) is 6.42 Å². The highest BCUT2D eigenvalue weighted by molar-refractivity contribution is 9.10. The second-order valence-electron chi connectivity index (χ2n) is 4.74. The fourth-order valence-corrected chi connectivity index (χ4v) is 4.08. The van der Waals surface area contributed by atoms with Gasteiger partial charge < -0.3 is 4.90 Å². The number of aldehydes is 1. The predicted molar refractivity (Wildman–Crippen MR) is 83.3 cm³/mol. The summed E-state index contributed by atoms with van der Waals surface area (Å²) in [6.07, 6.45) is 1.98. The van der Waals surface area contributed by atoms with Crippen LogP contribution in [0.3, 0.4) is 0 Å². The Morgan fingerprint density at radius 1 is 1.42 bits per heavy atom. The van der Waals surface area contributed by atoms with Gasteiger partial charge in [0.1, 0.15) is 0 Å². The lowest BCUT2D eigenvalue weighted by molar-refractivity contribution is 0.112. The maximum absolute atomic E-state index is 10.9. The lowest BCUT2D eigenvalue weighted by Gasteiger charge is -2.35. The quantitative estimate of drug-likeness (QED) is 0.756. The number of anilines is 1. The number of thiophene rings is 1. The Kier molecular flexibility index (Phi) is 3.46. The Bertz CT molecular complexity index is 622. The van der Waals surface area contributed by atoms with Crippen LogP contribution in [0.2, 0.25) is 0 Å². The number of halogens is 1. The van der Waals surface area contributed by atoms with Crippen LogP contribution < -0.4 is 4.90 Å². The summed E-state index contributed by atoms with van der Waals surface area (Å²) in [7, 11) is 0. The Morgan fingerprint density at radius 2 is 2.26 bits per heavy atom. The fourth-order valence-electron chi connectivity index (χ4n) is 2.65. The Labute approximate surface area is 125 Å². The largest absolute Gasteiger partial charge is 0.364 e. The zero-order valence-electron chi connectivity index (χ0n) is 10.6. The summed E-state index contributed by atoms with van der Waals surface area (Å²) >= 11 is 5.32. The number of carbonyl (C=O) groups excluding carboxylic acids is 1. The first-order chi connectivity index (χ1) is 9.20. The van der Waals surface area contributed by atoms with Crippen LogP contribution in [-0.4, -0.2) is 12.8 Å². The molecule has 0 bridgehead atoms. The van der Waals surface area contributed by atoms with Crippen LogP contribution >= 0.6 is 27.3 Å². The molecular formula is C15H14BrNOS. The van der Waals surface area contributed by atoms with E-state index in [9.17, 15) is 4.79 Å². The molecule has 1 unspecified atom stereocenters. The van der Waals surface area contributed by atoms with Gasteiger partial charge in [-0.1, -0.05) is 0 Å². The molecule has 3 rings (SSSR count). The van der Waals surface area contributed by atoms with E-state index in [-0.39, 0.29) is 0 Å². The molecule has 1 aliphatic heterocycles. The minimum absolute atomic E-state index is 0.393. The third-order valence-electron chi connectivity index (χ3n) is 3.72. The molecule has 0 fully saturated rings. The number of hydrogen-bond acceptors (Lipinski definition) is 3. The Balaban J connectivity index is 1.95. The second-order valence-corrected chi connectivity index (χ2v) is 6.60. The van der Waals surface area contributed by atoms with Gasteiger partial charge in [-0.3, -0.25) is 4.79 Å². The molecule has 98 valence electrons. The van der Waals surface area contributed by atoms with Gasteiger partial charge in [0.25, 0.3) is 0 Å². The number of fused-ring (bicyclic) bond motifs is 1. The molecule has 0 spiro atoms. The molecular weight excluding hydrogens is 322 g/mol. The van der Waals surface area contributed by atoms with E-state index < -0.39 is 0 Å². The summed E-state index contributed by atoms with van der Waals surface area (Å²) in [5.41, 5.74) is 3.30. The molecule has 2 heterocycles. The normalized spacial score (nSPS) is 18.2. The SMILES string of the molecule is CC1c2ccsc2CCN1c1ccc(C=O)c(Br)c1. The van der Waals surface area contributed by atoms with E-state index in [0.29, 0.717) is 11.6 Å². The van der Waals surface area contributed by atoms with Gasteiger partial charge in [-0.25, -0.2) is 0 Å². The van der Waals surface area contributed by atoms with Crippen LogP contribution in [0.1, 0.15) is 33.8 Å². The van der Waals surface area contributed by atoms with Gasteiger partial charge in [0, 0.05) is 27.1 Å². The molecule has 2 aromatic rings. The summed E-state index contributed by atoms with van der Waals surface area (Å²) in [5.74, 6) is 0. The zero-order chi connectivity index (χ0) is 13.4. The first-order valence-electron chi connectivity index (χ1n) is 6.28. The molecule has 2 nitrogen and oxygen atoms in total. The summed E-state index contributed by atoms with van der Waals surface area (Å²) in [6.45, 7) is 3.27. The summed E-state index contributed by atoms with van der Waals surface area (Å²) in [6, 6.07) is 8.57. The predicted octanol–water partition coefficient (Wildman–Crippen LogP) is 4.45. The van der Waals surface area contributed by atoms with Crippen molar-refractivity contribution in [2.45, 2.75) is 19.4 Å². The molecule has 0 N–H and O–H groups in total. The average Bonchev–Trinajstić information content (AvgIpc) is 2.88. The smallest absolute Gasteiger partial charge is 0.151 e. The maximum atomic E-state index is 10.9. The van der Waals surface area contributed by atoms with Crippen molar-refractivity contribution in [3.63, 3.8) is 0 Å². The van der Waals surface area contributed by atoms with Crippen LogP contribution in [0.15, 0.2) is 34.1 Å². The minimum atomic E-state index is 0.393. The van der Waals surface area contributed by atoms with Gasteiger partial charge in [-0.05, 0) is 64.5 Å². The number of benzene rings is 1. The molecule has 1 atom stereocenters. The van der Waals surface area contributed by atoms with Crippen molar-refractivity contribution >= 4 is 39.2 Å². The number of nitrogens with zero attached hydrogens (tertiary/aromatic N) is 1. The molecule has 19 heavy (non-hydrogen) atoms. The van der Waals surface area contributed by atoms with Crippen LogP contribution in [0.4, 0.5) is 5.69 Å². The monoisotopic (exact) mass is 335 g/mol. The molecule has 0 saturated heterocycles. The van der Waals surface area contributed by atoms with Crippen molar-refractivity contribution < 1.29 is 4.79 Å². The molecule has 1 aliphatic rings. The van der Waals surface area contributed by atoms with E-state index in [4.69, 9.17) is 0 Å². The fraction of sp³-hybridized carbons (Fsp3) is 0.267. The highest BCUT2D eigenvalue weighted by Crippen LogP contribution is 2.36. The van der Waals surface area contributed by atoms with Crippen molar-refractivity contribution in [3.8, 4) is 0 Å². The van der Waals surface area contributed by atoms with E-state index in [1.165, 1.54) is 16.1 Å². The van der Waals surface area contributed by atoms with Gasteiger partial charge >= 0.3 is 0 Å². The molecule has 0 saturated carbocycles. The van der Waals surface area contributed by atoms with Gasteiger partial charge in [0.05, 0.1) is 6.04 Å². The second kappa shape index (κ2) is 5.10. The van der Waals surface area contributed by atoms with E-state index in [1.807, 2.05) is 29.5 Å². The summed E-state index contributed by atoms with van der Waals surface area (Å²) < 4.78 is 0.864. The molecule has 1 aromatic carbocycles. The van der Waals surface area contributed by atoms with Gasteiger partial charge in [0.2, 0.25) is 0 Å². The van der Waals surface area contributed by atoms with Crippen LogP contribution in [0.25, 0.3) is 0 Å². The summed E-state index contributed by atoms with van der Waals surface area (Å²) in [5, 5.41) is 2.18. The van der Waals surface area contributed by atoms with E-state index in [1.54, 1.807) is 0 Å². The van der Waals surface area contributed by atoms with Crippen molar-refractivity contribution in [2.75, 3.05) is 11.4 Å². The molecule has 1 aromatic heterocycles. The van der Waals surface area contributed by atoms with Gasteiger partial charge in [-0.15, -0.1) is 11.3 Å². The average molecular weight is 336 g/mol. The zero-order valence-corrected chi connectivity index (χ0v) is 13.0. The molecule has 4 heteroatoms. The minimum Gasteiger partial charge on any atom is -0.364 e. The third kappa shape index (κ3) is 2.23. The number of hydrogen-bond donors (Lipinski definition) is 0. The topological polar surface area (TPSA) is 20.3 Å². The van der Waals surface area contributed by atoms with E-state index in [2.05, 4.69) is 39.2 Å². The molecule has 0 aliphatic carbocycles. The lowest BCUT2D eigenvalue weighted by atomic mass is 10.0. The van der Waals surface area contributed by atoms with Crippen molar-refractivity contribution in [1.29, 1.82) is 0 Å². The molecule has 0 radical (unpaired) electrons. The molecule has 0 amide bonds. The summed E-state index contributed by atoms with van der Waals surface area (Å²) in [4.78, 5) is 14.8. The standard InChI is InChI=1S/C15H14BrNOS/c1-10-13-5-7-19-15(13)4-6-17(10)12-3-2-11(9-18)14(16)8-12/h2-3,5,7-10H,4,6H2,1H3. The van der Waals surface area contributed by atoms with Crippen LogP contribution in [0, 0.1) is 0 Å². The number of carbonyl (C=O) groups is 1. The van der Waals surface area contributed by atoms with Gasteiger partial charge in [0.15, 0.2) is 6.29 Å². The van der Waals surface area contributed by atoms with E-state index >= 15 is 0 Å². The van der Waals surface area contributed by atoms with Crippen molar-refractivity contribution in [1.82, 2.24) is 0 Å².